The summed E-state index contributed by atoms with van der Waals surface area (Å²) in [7, 11) is 0. The molecule has 0 unspecified atom stereocenters. The molecule has 0 spiro atoms. The van der Waals surface area contributed by atoms with E-state index in [2.05, 4.69) is 20.8 Å². The van der Waals surface area contributed by atoms with Gasteiger partial charge in [-0.3, -0.25) is 19.4 Å². The molecule has 0 aliphatic carbocycles. The molecule has 356 valence electrons. The molecular formula is C47H49F6N7O7. The van der Waals surface area contributed by atoms with Crippen molar-refractivity contribution < 1.29 is 59.4 Å². The third-order valence-electron chi connectivity index (χ3n) is 10.9. The summed E-state index contributed by atoms with van der Waals surface area (Å²) < 4.78 is 90.4. The molecule has 3 N–H and O–H groups in total. The summed E-state index contributed by atoms with van der Waals surface area (Å²) in [5, 5.41) is 14.1. The number of alkyl halides is 6. The summed E-state index contributed by atoms with van der Waals surface area (Å²) >= 11 is 0. The Morgan fingerprint density at radius 3 is 1.45 bits per heavy atom. The number of amides is 5. The molecule has 1 aromatic heterocycles. The van der Waals surface area contributed by atoms with E-state index in [1.165, 1.54) is 12.1 Å². The molecule has 7 rings (SSSR count). The number of aromatic nitrogens is 2. The smallest absolute Gasteiger partial charge is 0.413 e. The zero-order valence-corrected chi connectivity index (χ0v) is 36.2. The van der Waals surface area contributed by atoms with E-state index in [1.54, 1.807) is 51.5 Å². The predicted octanol–water partition coefficient (Wildman–Crippen LogP) is 8.59. The van der Waals surface area contributed by atoms with Gasteiger partial charge in [-0.2, -0.15) is 26.3 Å². The highest BCUT2D eigenvalue weighted by Gasteiger charge is 2.39. The number of hydrogen-bond donors (Lipinski definition) is 3. The standard InChI is InChI=1S/C24H26F3N3O4.C23H23F3N4O3/c25-24(26,27)22(32)28-15-21(31)19-8-6-18(7-9-19)16-30(20-4-2-1-3-5-20)23(33)29-14-17-10-12-34-13-11-17;24-23(25,26)21-29-28-20(33-21)18-8-6-17(7-9-18)15-30(19-4-2-1-3-5-19)22(31)27-14-16-10-12-32-13-11-16/h1-9,17H,10-16H2,(H,28,32)(H,29,33);1-9,16H,10-15H2,(H,27,31). The molecule has 0 saturated carbocycles. The Kier molecular flexibility index (Phi) is 17.5. The molecule has 20 heteroatoms. The number of ether oxygens (including phenoxy) is 2. The highest BCUT2D eigenvalue weighted by Crippen LogP contribution is 2.31. The van der Waals surface area contributed by atoms with Gasteiger partial charge in [0.1, 0.15) is 0 Å². The second kappa shape index (κ2) is 23.6. The molecule has 0 bridgehead atoms. The minimum absolute atomic E-state index is 0.154. The number of Topliss-reactive ketones (excluding diaryl/α,β-unsaturated/α-hetero) is 1. The summed E-state index contributed by atoms with van der Waals surface area (Å²) in [5.74, 6) is -3.68. The lowest BCUT2D eigenvalue weighted by molar-refractivity contribution is -0.173. The van der Waals surface area contributed by atoms with Crippen LogP contribution in [0, 0.1) is 11.8 Å². The molecule has 0 atom stereocenters. The number of carbonyl (C=O) groups excluding carboxylic acids is 4. The molecule has 2 aliphatic heterocycles. The fraction of sp³-hybridized carbons (Fsp3) is 0.362. The van der Waals surface area contributed by atoms with Gasteiger partial charge in [0, 0.05) is 62.0 Å². The second-order valence-electron chi connectivity index (χ2n) is 15.7. The molecule has 0 radical (unpaired) electrons. The number of ketones is 1. The first-order valence-electron chi connectivity index (χ1n) is 21.5. The van der Waals surface area contributed by atoms with E-state index in [1.807, 2.05) is 60.7 Å². The van der Waals surface area contributed by atoms with Crippen LogP contribution in [0.3, 0.4) is 0 Å². The Morgan fingerprint density at radius 2 is 1.03 bits per heavy atom. The first-order chi connectivity index (χ1) is 32.1. The van der Waals surface area contributed by atoms with Crippen molar-refractivity contribution >= 4 is 35.1 Å². The molecule has 5 amide bonds. The van der Waals surface area contributed by atoms with Crippen LogP contribution in [0.4, 0.5) is 47.3 Å². The SMILES string of the molecule is O=C(CNC(=O)C(F)(F)F)c1ccc(CN(C(=O)NCC2CCOCC2)c2ccccc2)cc1.O=C(NCC1CCOCC1)N(Cc1ccc(-c2nnc(C(F)(F)F)o2)cc1)c1ccccc1. The maximum Gasteiger partial charge on any atom is 0.471 e. The topological polar surface area (TPSA) is 168 Å². The van der Waals surface area contributed by atoms with Crippen LogP contribution in [-0.2, 0) is 33.5 Å². The number of halogens is 6. The monoisotopic (exact) mass is 937 g/mol. The largest absolute Gasteiger partial charge is 0.471 e. The highest BCUT2D eigenvalue weighted by atomic mass is 19.4. The van der Waals surface area contributed by atoms with Crippen LogP contribution in [0.2, 0.25) is 0 Å². The van der Waals surface area contributed by atoms with Crippen LogP contribution >= 0.6 is 0 Å². The number of nitrogens with one attached hydrogen (secondary N) is 3. The van der Waals surface area contributed by atoms with Crippen LogP contribution in [0.25, 0.3) is 11.5 Å². The van der Waals surface area contributed by atoms with Gasteiger partial charge in [-0.05, 0) is 85.0 Å². The average molecular weight is 938 g/mol. The third kappa shape index (κ3) is 15.1. The molecule has 2 saturated heterocycles. The van der Waals surface area contributed by atoms with Crippen molar-refractivity contribution in [2.75, 3.05) is 55.9 Å². The molecule has 2 fully saturated rings. The van der Waals surface area contributed by atoms with E-state index in [0.29, 0.717) is 62.6 Å². The van der Waals surface area contributed by atoms with E-state index in [-0.39, 0.29) is 36.6 Å². The van der Waals surface area contributed by atoms with Gasteiger partial charge in [0.2, 0.25) is 5.89 Å². The Balaban J connectivity index is 0.000000221. The minimum atomic E-state index is -5.05. The number of benzene rings is 4. The van der Waals surface area contributed by atoms with E-state index < -0.39 is 36.5 Å². The molecule has 3 heterocycles. The van der Waals surface area contributed by atoms with Crippen molar-refractivity contribution in [3.8, 4) is 11.5 Å². The maximum atomic E-state index is 13.0. The lowest BCUT2D eigenvalue weighted by atomic mass is 10.0. The number of anilines is 2. The van der Waals surface area contributed by atoms with Crippen molar-refractivity contribution in [3.63, 3.8) is 0 Å². The lowest BCUT2D eigenvalue weighted by Crippen LogP contribution is -2.42. The summed E-state index contributed by atoms with van der Waals surface area (Å²) in [6.45, 7) is 3.65. The summed E-state index contributed by atoms with van der Waals surface area (Å²) in [5.41, 5.74) is 3.46. The van der Waals surface area contributed by atoms with Crippen LogP contribution in [0.1, 0.15) is 53.1 Å². The quantitative estimate of drug-likeness (QED) is 0.0730. The first kappa shape index (κ1) is 49.6. The van der Waals surface area contributed by atoms with Crippen molar-refractivity contribution in [1.29, 1.82) is 0 Å². The highest BCUT2D eigenvalue weighted by molar-refractivity contribution is 6.00. The summed E-state index contributed by atoms with van der Waals surface area (Å²) in [4.78, 5) is 52.2. The second-order valence-corrected chi connectivity index (χ2v) is 15.7. The van der Waals surface area contributed by atoms with Crippen molar-refractivity contribution in [2.45, 2.75) is 51.1 Å². The summed E-state index contributed by atoms with van der Waals surface area (Å²) in [6, 6.07) is 30.7. The van der Waals surface area contributed by atoms with Crippen LogP contribution < -0.4 is 25.8 Å². The minimum Gasteiger partial charge on any atom is -0.413 e. The lowest BCUT2D eigenvalue weighted by Gasteiger charge is -2.26. The van der Waals surface area contributed by atoms with Gasteiger partial charge in [0.15, 0.2) is 5.78 Å². The van der Waals surface area contributed by atoms with Gasteiger partial charge in [-0.1, -0.05) is 72.8 Å². The van der Waals surface area contributed by atoms with E-state index in [4.69, 9.17) is 13.9 Å². The zero-order valence-electron chi connectivity index (χ0n) is 36.2. The average Bonchev–Trinajstić information content (AvgIpc) is 3.86. The number of urea groups is 2. The van der Waals surface area contributed by atoms with Gasteiger partial charge in [0.05, 0.1) is 19.6 Å². The number of nitrogens with zero attached hydrogens (tertiary/aromatic N) is 4. The van der Waals surface area contributed by atoms with Gasteiger partial charge in [0.25, 0.3) is 0 Å². The fourth-order valence-electron chi connectivity index (χ4n) is 7.06. The number of hydrogen-bond acceptors (Lipinski definition) is 9. The Morgan fingerprint density at radius 1 is 0.582 bits per heavy atom. The number of para-hydroxylation sites is 2. The van der Waals surface area contributed by atoms with Crippen molar-refractivity contribution in [2.24, 2.45) is 11.8 Å². The maximum absolute atomic E-state index is 13.0. The number of rotatable bonds is 14. The van der Waals surface area contributed by atoms with E-state index in [9.17, 15) is 45.5 Å². The normalized spacial score (nSPS) is 14.5. The molecule has 14 nitrogen and oxygen atoms in total. The Hall–Kier alpha value is -6.80. The zero-order chi connectivity index (χ0) is 47.8. The molecule has 4 aromatic carbocycles. The van der Waals surface area contributed by atoms with Gasteiger partial charge in [-0.25, -0.2) is 9.59 Å². The molecule has 2 aliphatic rings. The molecule has 67 heavy (non-hydrogen) atoms. The first-order valence-corrected chi connectivity index (χ1v) is 21.5. The van der Waals surface area contributed by atoms with E-state index in [0.717, 1.165) is 42.5 Å². The Labute approximate surface area is 382 Å². The van der Waals surface area contributed by atoms with Crippen LogP contribution in [-0.4, -0.2) is 86.2 Å². The summed E-state index contributed by atoms with van der Waals surface area (Å²) in [6.07, 6.45) is -6.12. The molecular weight excluding hydrogens is 889 g/mol. The fourth-order valence-corrected chi connectivity index (χ4v) is 7.06. The Bertz CT molecular complexity index is 2360. The number of carbonyl (C=O) groups is 4. The van der Waals surface area contributed by atoms with Crippen LogP contribution in [0.5, 0.6) is 0 Å². The molecule has 5 aromatic rings. The van der Waals surface area contributed by atoms with Gasteiger partial charge < -0.3 is 29.8 Å². The third-order valence-corrected chi connectivity index (χ3v) is 10.9. The predicted molar refractivity (Wildman–Crippen MR) is 234 cm³/mol. The van der Waals surface area contributed by atoms with Crippen molar-refractivity contribution in [1.82, 2.24) is 26.1 Å². The van der Waals surface area contributed by atoms with E-state index >= 15 is 0 Å². The van der Waals surface area contributed by atoms with Gasteiger partial charge >= 0.3 is 36.2 Å². The van der Waals surface area contributed by atoms with Crippen LogP contribution in [0.15, 0.2) is 114 Å². The van der Waals surface area contributed by atoms with Crippen molar-refractivity contribution in [3.05, 3.63) is 132 Å². The van der Waals surface area contributed by atoms with Gasteiger partial charge in [-0.15, -0.1) is 10.2 Å².